The van der Waals surface area contributed by atoms with E-state index in [-0.39, 0.29) is 17.1 Å². The second kappa shape index (κ2) is 5.74. The van der Waals surface area contributed by atoms with Gasteiger partial charge in [-0.3, -0.25) is 4.68 Å². The van der Waals surface area contributed by atoms with E-state index in [4.69, 9.17) is 10.5 Å². The summed E-state index contributed by atoms with van der Waals surface area (Å²) < 4.78 is 33.0. The molecular formula is C13H18N4O3S. The highest BCUT2D eigenvalue weighted by molar-refractivity contribution is 7.89. The van der Waals surface area contributed by atoms with Gasteiger partial charge in [0, 0.05) is 38.5 Å². The van der Waals surface area contributed by atoms with E-state index in [1.807, 2.05) is 0 Å². The number of aromatic nitrogens is 2. The van der Waals surface area contributed by atoms with Crippen molar-refractivity contribution in [2.45, 2.75) is 11.4 Å². The molecule has 1 heterocycles. The van der Waals surface area contributed by atoms with Crippen LogP contribution in [0.15, 0.2) is 35.5 Å². The largest absolute Gasteiger partial charge is 0.497 e. The van der Waals surface area contributed by atoms with Gasteiger partial charge in [0.05, 0.1) is 19.0 Å². The van der Waals surface area contributed by atoms with Crippen LogP contribution < -0.4 is 10.5 Å². The van der Waals surface area contributed by atoms with Crippen molar-refractivity contribution in [3.63, 3.8) is 0 Å². The van der Waals surface area contributed by atoms with Crippen LogP contribution >= 0.6 is 0 Å². The number of hydrogen-bond acceptors (Lipinski definition) is 5. The summed E-state index contributed by atoms with van der Waals surface area (Å²) in [6, 6.07) is 4.51. The van der Waals surface area contributed by atoms with Crippen LogP contribution in [0.25, 0.3) is 0 Å². The van der Waals surface area contributed by atoms with Gasteiger partial charge < -0.3 is 10.5 Å². The normalized spacial score (nSPS) is 11.8. The first-order valence-electron chi connectivity index (χ1n) is 6.22. The van der Waals surface area contributed by atoms with Crippen molar-refractivity contribution in [1.82, 2.24) is 14.1 Å². The third-order valence-electron chi connectivity index (χ3n) is 3.07. The molecule has 21 heavy (non-hydrogen) atoms. The van der Waals surface area contributed by atoms with Crippen molar-refractivity contribution in [3.8, 4) is 5.75 Å². The molecule has 0 radical (unpaired) electrons. The van der Waals surface area contributed by atoms with Crippen LogP contribution in [0.3, 0.4) is 0 Å². The predicted octanol–water partition coefficient (Wildman–Crippen LogP) is 0.832. The number of nitrogen functional groups attached to an aromatic ring is 1. The number of methoxy groups -OCH3 is 1. The Kier molecular flexibility index (Phi) is 4.19. The topological polar surface area (TPSA) is 90.5 Å². The molecule has 0 saturated heterocycles. The van der Waals surface area contributed by atoms with Crippen LogP contribution in [0.2, 0.25) is 0 Å². The van der Waals surface area contributed by atoms with Crippen LogP contribution in [0.5, 0.6) is 5.75 Å². The molecule has 2 rings (SSSR count). The zero-order chi connectivity index (χ0) is 15.6. The van der Waals surface area contributed by atoms with Gasteiger partial charge in [0.2, 0.25) is 10.0 Å². The van der Waals surface area contributed by atoms with Crippen molar-refractivity contribution in [2.75, 3.05) is 19.9 Å². The van der Waals surface area contributed by atoms with Crippen molar-refractivity contribution in [3.05, 3.63) is 36.2 Å². The van der Waals surface area contributed by atoms with E-state index in [0.717, 1.165) is 5.56 Å². The van der Waals surface area contributed by atoms with E-state index < -0.39 is 10.0 Å². The molecule has 114 valence electrons. The average molecular weight is 310 g/mol. The molecule has 1 aromatic carbocycles. The Morgan fingerprint density at radius 1 is 1.43 bits per heavy atom. The lowest BCUT2D eigenvalue weighted by molar-refractivity contribution is 0.414. The molecule has 0 aliphatic carbocycles. The van der Waals surface area contributed by atoms with Gasteiger partial charge in [0.25, 0.3) is 0 Å². The van der Waals surface area contributed by atoms with Crippen molar-refractivity contribution < 1.29 is 13.2 Å². The van der Waals surface area contributed by atoms with Gasteiger partial charge in [-0.15, -0.1) is 0 Å². The summed E-state index contributed by atoms with van der Waals surface area (Å²) in [5.41, 5.74) is 6.78. The predicted molar refractivity (Wildman–Crippen MR) is 79.3 cm³/mol. The summed E-state index contributed by atoms with van der Waals surface area (Å²) in [5, 5.41) is 4.02. The SMILES string of the molecule is COc1ccc(S(=O)(=O)N(C)Cc2cnn(C)c2)c(N)c1. The fourth-order valence-electron chi connectivity index (χ4n) is 1.95. The van der Waals surface area contributed by atoms with Gasteiger partial charge in [-0.05, 0) is 12.1 Å². The summed E-state index contributed by atoms with van der Waals surface area (Å²) in [7, 11) is 1.11. The van der Waals surface area contributed by atoms with E-state index in [0.29, 0.717) is 5.75 Å². The molecule has 0 bridgehead atoms. The summed E-state index contributed by atoms with van der Waals surface area (Å²) in [4.78, 5) is 0.0645. The Morgan fingerprint density at radius 2 is 2.14 bits per heavy atom. The maximum Gasteiger partial charge on any atom is 0.245 e. The molecule has 0 aliphatic heterocycles. The molecule has 8 heteroatoms. The Hall–Kier alpha value is -2.06. The molecule has 0 saturated carbocycles. The number of nitrogens with zero attached hydrogens (tertiary/aromatic N) is 3. The summed E-state index contributed by atoms with van der Waals surface area (Å²) in [6.45, 7) is 0.224. The minimum absolute atomic E-state index is 0.0645. The third-order valence-corrected chi connectivity index (χ3v) is 4.95. The molecule has 0 amide bonds. The molecule has 0 atom stereocenters. The summed E-state index contributed by atoms with van der Waals surface area (Å²) in [5.74, 6) is 0.515. The molecule has 0 fully saturated rings. The lowest BCUT2D eigenvalue weighted by Gasteiger charge is -2.18. The molecule has 7 nitrogen and oxygen atoms in total. The number of benzene rings is 1. The summed E-state index contributed by atoms with van der Waals surface area (Å²) >= 11 is 0. The zero-order valence-corrected chi connectivity index (χ0v) is 13.0. The number of ether oxygens (including phenoxy) is 1. The van der Waals surface area contributed by atoms with Crippen LogP contribution in [0, 0.1) is 0 Å². The van der Waals surface area contributed by atoms with Crippen LogP contribution in [-0.4, -0.2) is 36.7 Å². The van der Waals surface area contributed by atoms with Crippen LogP contribution in [-0.2, 0) is 23.6 Å². The Morgan fingerprint density at radius 3 is 2.67 bits per heavy atom. The van der Waals surface area contributed by atoms with Gasteiger partial charge in [-0.2, -0.15) is 9.40 Å². The van der Waals surface area contributed by atoms with Gasteiger partial charge in [0.1, 0.15) is 10.6 Å². The maximum absolute atomic E-state index is 12.5. The number of hydrogen-bond donors (Lipinski definition) is 1. The highest BCUT2D eigenvalue weighted by Crippen LogP contribution is 2.26. The third kappa shape index (κ3) is 3.17. The number of rotatable bonds is 5. The quantitative estimate of drug-likeness (QED) is 0.826. The Balaban J connectivity index is 2.28. The fraction of sp³-hybridized carbons (Fsp3) is 0.308. The molecular weight excluding hydrogens is 292 g/mol. The molecule has 2 aromatic rings. The second-order valence-corrected chi connectivity index (χ2v) is 6.70. The van der Waals surface area contributed by atoms with Gasteiger partial charge in [0.15, 0.2) is 0 Å². The Bertz CT molecular complexity index is 740. The number of sulfonamides is 1. The van der Waals surface area contributed by atoms with Crippen LogP contribution in [0.1, 0.15) is 5.56 Å². The van der Waals surface area contributed by atoms with E-state index in [9.17, 15) is 8.42 Å². The molecule has 0 spiro atoms. The second-order valence-electron chi connectivity index (χ2n) is 4.69. The molecule has 0 aliphatic rings. The van der Waals surface area contributed by atoms with E-state index >= 15 is 0 Å². The van der Waals surface area contributed by atoms with Crippen molar-refractivity contribution in [2.24, 2.45) is 7.05 Å². The van der Waals surface area contributed by atoms with Crippen molar-refractivity contribution in [1.29, 1.82) is 0 Å². The fourth-order valence-corrected chi connectivity index (χ4v) is 3.20. The van der Waals surface area contributed by atoms with Gasteiger partial charge in [-0.1, -0.05) is 0 Å². The van der Waals surface area contributed by atoms with E-state index in [1.54, 1.807) is 30.2 Å². The number of anilines is 1. The van der Waals surface area contributed by atoms with Gasteiger partial charge in [-0.25, -0.2) is 8.42 Å². The molecule has 0 unspecified atom stereocenters. The minimum atomic E-state index is -3.67. The average Bonchev–Trinajstić information content (AvgIpc) is 2.83. The standard InChI is InChI=1S/C13H18N4O3S/c1-16-8-10(7-15-16)9-17(2)21(18,19)13-5-4-11(20-3)6-12(13)14/h4-8H,9,14H2,1-3H3. The zero-order valence-electron chi connectivity index (χ0n) is 12.1. The van der Waals surface area contributed by atoms with E-state index in [1.165, 1.54) is 30.6 Å². The monoisotopic (exact) mass is 310 g/mol. The minimum Gasteiger partial charge on any atom is -0.497 e. The van der Waals surface area contributed by atoms with Gasteiger partial charge >= 0.3 is 0 Å². The first kappa shape index (κ1) is 15.3. The lowest BCUT2D eigenvalue weighted by Crippen LogP contribution is -2.27. The first-order chi connectivity index (χ1) is 9.84. The highest BCUT2D eigenvalue weighted by Gasteiger charge is 2.24. The smallest absolute Gasteiger partial charge is 0.245 e. The molecule has 2 N–H and O–H groups in total. The Labute approximate surface area is 124 Å². The maximum atomic E-state index is 12.5. The number of nitrogens with two attached hydrogens (primary N) is 1. The lowest BCUT2D eigenvalue weighted by atomic mass is 10.3. The number of aryl methyl sites for hydroxylation is 1. The van der Waals surface area contributed by atoms with Crippen LogP contribution in [0.4, 0.5) is 5.69 Å². The molecule has 1 aromatic heterocycles. The summed E-state index contributed by atoms with van der Waals surface area (Å²) in [6.07, 6.45) is 3.40. The van der Waals surface area contributed by atoms with E-state index in [2.05, 4.69) is 5.10 Å². The van der Waals surface area contributed by atoms with Crippen molar-refractivity contribution >= 4 is 15.7 Å². The highest BCUT2D eigenvalue weighted by atomic mass is 32.2. The first-order valence-corrected chi connectivity index (χ1v) is 7.66.